The first-order valence-corrected chi connectivity index (χ1v) is 5.82. The molecule has 1 aliphatic rings. The van der Waals surface area contributed by atoms with Crippen LogP contribution >= 0.6 is 0 Å². The minimum atomic E-state index is -0.0362. The van der Waals surface area contributed by atoms with Gasteiger partial charge in [-0.1, -0.05) is 12.1 Å². The third-order valence-electron chi connectivity index (χ3n) is 2.91. The fourth-order valence-corrected chi connectivity index (χ4v) is 1.99. The van der Waals surface area contributed by atoms with Crippen molar-refractivity contribution in [1.82, 2.24) is 10.2 Å². The van der Waals surface area contributed by atoms with Crippen LogP contribution < -0.4 is 5.32 Å². The van der Waals surface area contributed by atoms with Crippen molar-refractivity contribution in [3.05, 3.63) is 35.4 Å². The van der Waals surface area contributed by atoms with Crippen LogP contribution in [-0.2, 0) is 0 Å². The molecule has 1 N–H and O–H groups in total. The normalized spacial score (nSPS) is 16.1. The molecule has 1 saturated heterocycles. The van der Waals surface area contributed by atoms with E-state index in [1.165, 1.54) is 0 Å². The second kappa shape index (κ2) is 5.46. The Balaban J connectivity index is 2.21. The summed E-state index contributed by atoms with van der Waals surface area (Å²) in [6.07, 6.45) is 0.959. The van der Waals surface area contributed by atoms with E-state index in [0.29, 0.717) is 17.7 Å². The molecule has 0 saturated carbocycles. The van der Waals surface area contributed by atoms with Gasteiger partial charge in [0.2, 0.25) is 0 Å². The molecule has 4 nitrogen and oxygen atoms in total. The van der Waals surface area contributed by atoms with E-state index in [9.17, 15) is 4.79 Å². The molecule has 2 rings (SSSR count). The first-order valence-electron chi connectivity index (χ1n) is 5.82. The van der Waals surface area contributed by atoms with Gasteiger partial charge in [0.1, 0.15) is 0 Å². The van der Waals surface area contributed by atoms with E-state index in [0.717, 1.165) is 26.1 Å². The number of benzene rings is 1. The van der Waals surface area contributed by atoms with Gasteiger partial charge in [-0.25, -0.2) is 0 Å². The molecular formula is C13H15N3O. The second-order valence-corrected chi connectivity index (χ2v) is 4.05. The largest absolute Gasteiger partial charge is 0.337 e. The van der Waals surface area contributed by atoms with Crippen molar-refractivity contribution in [3.63, 3.8) is 0 Å². The summed E-state index contributed by atoms with van der Waals surface area (Å²) >= 11 is 0. The van der Waals surface area contributed by atoms with Crippen LogP contribution in [0.3, 0.4) is 0 Å². The highest BCUT2D eigenvalue weighted by Crippen LogP contribution is 2.11. The Kier molecular flexibility index (Phi) is 3.73. The Morgan fingerprint density at radius 1 is 1.29 bits per heavy atom. The number of rotatable bonds is 1. The van der Waals surface area contributed by atoms with Gasteiger partial charge < -0.3 is 10.2 Å². The number of hydrogen-bond donors (Lipinski definition) is 1. The summed E-state index contributed by atoms with van der Waals surface area (Å²) in [4.78, 5) is 14.1. The standard InChI is InChI=1S/C13H15N3O/c14-10-11-4-1-2-5-12(11)13(17)16-8-3-6-15-7-9-16/h1-2,4-5,15H,3,6-9H2. The Hall–Kier alpha value is -1.86. The van der Waals surface area contributed by atoms with E-state index in [-0.39, 0.29) is 5.91 Å². The van der Waals surface area contributed by atoms with Crippen molar-refractivity contribution >= 4 is 5.91 Å². The molecule has 0 aromatic heterocycles. The number of nitrogens with zero attached hydrogens (tertiary/aromatic N) is 2. The molecule has 4 heteroatoms. The minimum Gasteiger partial charge on any atom is -0.337 e. The molecule has 1 fully saturated rings. The van der Waals surface area contributed by atoms with Crippen molar-refractivity contribution in [3.8, 4) is 6.07 Å². The Bertz CT molecular complexity index is 442. The van der Waals surface area contributed by atoms with Crippen LogP contribution in [-0.4, -0.2) is 37.0 Å². The van der Waals surface area contributed by atoms with Crippen LogP contribution in [0.4, 0.5) is 0 Å². The highest BCUT2D eigenvalue weighted by molar-refractivity contribution is 5.96. The Morgan fingerprint density at radius 2 is 2.12 bits per heavy atom. The summed E-state index contributed by atoms with van der Waals surface area (Å²) in [7, 11) is 0. The lowest BCUT2D eigenvalue weighted by atomic mass is 10.1. The number of hydrogen-bond acceptors (Lipinski definition) is 3. The Morgan fingerprint density at radius 3 is 2.94 bits per heavy atom. The highest BCUT2D eigenvalue weighted by atomic mass is 16.2. The molecule has 1 aromatic carbocycles. The molecule has 0 unspecified atom stereocenters. The van der Waals surface area contributed by atoms with E-state index < -0.39 is 0 Å². The molecule has 0 spiro atoms. The van der Waals surface area contributed by atoms with E-state index in [1.54, 1.807) is 24.3 Å². The number of carbonyl (C=O) groups is 1. The molecule has 1 amide bonds. The molecule has 0 aliphatic carbocycles. The fourth-order valence-electron chi connectivity index (χ4n) is 1.99. The molecule has 0 radical (unpaired) electrons. The molecule has 1 aromatic rings. The molecule has 1 aliphatic heterocycles. The van der Waals surface area contributed by atoms with Gasteiger partial charge in [0, 0.05) is 19.6 Å². The summed E-state index contributed by atoms with van der Waals surface area (Å²) in [6, 6.07) is 9.05. The predicted octanol–water partition coefficient (Wildman–Crippen LogP) is 0.994. The Labute approximate surface area is 101 Å². The van der Waals surface area contributed by atoms with Gasteiger partial charge in [-0.3, -0.25) is 4.79 Å². The zero-order valence-electron chi connectivity index (χ0n) is 9.65. The number of amides is 1. The van der Waals surface area contributed by atoms with Crippen molar-refractivity contribution in [2.45, 2.75) is 6.42 Å². The SMILES string of the molecule is N#Cc1ccccc1C(=O)N1CCCNCC1. The van der Waals surface area contributed by atoms with Crippen LogP contribution in [0.2, 0.25) is 0 Å². The highest BCUT2D eigenvalue weighted by Gasteiger charge is 2.19. The third kappa shape index (κ3) is 2.63. The minimum absolute atomic E-state index is 0.0362. The predicted molar refractivity (Wildman–Crippen MR) is 64.5 cm³/mol. The lowest BCUT2D eigenvalue weighted by molar-refractivity contribution is 0.0766. The molecule has 0 atom stereocenters. The van der Waals surface area contributed by atoms with Crippen molar-refractivity contribution in [1.29, 1.82) is 5.26 Å². The zero-order valence-corrected chi connectivity index (χ0v) is 9.65. The van der Waals surface area contributed by atoms with Gasteiger partial charge in [0.15, 0.2) is 0 Å². The van der Waals surface area contributed by atoms with Crippen molar-refractivity contribution < 1.29 is 4.79 Å². The number of nitriles is 1. The lowest BCUT2D eigenvalue weighted by Gasteiger charge is -2.20. The average molecular weight is 229 g/mol. The van der Waals surface area contributed by atoms with E-state index in [4.69, 9.17) is 5.26 Å². The van der Waals surface area contributed by atoms with Gasteiger partial charge >= 0.3 is 0 Å². The second-order valence-electron chi connectivity index (χ2n) is 4.05. The van der Waals surface area contributed by atoms with Crippen molar-refractivity contribution in [2.24, 2.45) is 0 Å². The smallest absolute Gasteiger partial charge is 0.255 e. The third-order valence-corrected chi connectivity index (χ3v) is 2.91. The maximum Gasteiger partial charge on any atom is 0.255 e. The van der Waals surface area contributed by atoms with Gasteiger partial charge in [0.05, 0.1) is 17.2 Å². The molecule has 1 heterocycles. The summed E-state index contributed by atoms with van der Waals surface area (Å²) in [5.74, 6) is -0.0362. The van der Waals surface area contributed by atoms with Gasteiger partial charge in [-0.2, -0.15) is 5.26 Å². The average Bonchev–Trinajstić information content (AvgIpc) is 2.66. The maximum atomic E-state index is 12.3. The van der Waals surface area contributed by atoms with Crippen LogP contribution in [0.5, 0.6) is 0 Å². The van der Waals surface area contributed by atoms with Gasteiger partial charge in [0.25, 0.3) is 5.91 Å². The monoisotopic (exact) mass is 229 g/mol. The molecule has 17 heavy (non-hydrogen) atoms. The van der Waals surface area contributed by atoms with E-state index in [2.05, 4.69) is 11.4 Å². The summed E-state index contributed by atoms with van der Waals surface area (Å²) in [5, 5.41) is 12.2. The quantitative estimate of drug-likeness (QED) is 0.781. The summed E-state index contributed by atoms with van der Waals surface area (Å²) in [5.41, 5.74) is 0.964. The molecule has 0 bridgehead atoms. The number of carbonyl (C=O) groups excluding carboxylic acids is 1. The first-order chi connectivity index (χ1) is 8.33. The van der Waals surface area contributed by atoms with Crippen LogP contribution in [0.25, 0.3) is 0 Å². The first kappa shape index (κ1) is 11.6. The van der Waals surface area contributed by atoms with Crippen LogP contribution in [0.1, 0.15) is 22.3 Å². The molecular weight excluding hydrogens is 214 g/mol. The van der Waals surface area contributed by atoms with Crippen LogP contribution in [0, 0.1) is 11.3 Å². The lowest BCUT2D eigenvalue weighted by Crippen LogP contribution is -2.34. The van der Waals surface area contributed by atoms with E-state index >= 15 is 0 Å². The zero-order chi connectivity index (χ0) is 12.1. The van der Waals surface area contributed by atoms with Crippen LogP contribution in [0.15, 0.2) is 24.3 Å². The van der Waals surface area contributed by atoms with E-state index in [1.807, 2.05) is 4.90 Å². The summed E-state index contributed by atoms with van der Waals surface area (Å²) in [6.45, 7) is 3.23. The topological polar surface area (TPSA) is 56.1 Å². The maximum absolute atomic E-state index is 12.3. The molecule has 88 valence electrons. The summed E-state index contributed by atoms with van der Waals surface area (Å²) < 4.78 is 0. The fraction of sp³-hybridized carbons (Fsp3) is 0.385. The van der Waals surface area contributed by atoms with Gasteiger partial charge in [-0.15, -0.1) is 0 Å². The number of nitrogens with one attached hydrogen (secondary N) is 1. The van der Waals surface area contributed by atoms with Crippen molar-refractivity contribution in [2.75, 3.05) is 26.2 Å². The van der Waals surface area contributed by atoms with Gasteiger partial charge in [-0.05, 0) is 25.1 Å².